The first-order valence-corrected chi connectivity index (χ1v) is 7.43. The zero-order valence-corrected chi connectivity index (χ0v) is 12.4. The van der Waals surface area contributed by atoms with Gasteiger partial charge in [-0.2, -0.15) is 0 Å². The van der Waals surface area contributed by atoms with E-state index in [0.29, 0.717) is 0 Å². The van der Waals surface area contributed by atoms with E-state index in [1.807, 2.05) is 12.1 Å². The molecule has 1 heterocycles. The molecule has 4 rings (SSSR count). The molecule has 0 N–H and O–H groups in total. The molecule has 0 aliphatic heterocycles. The Hall–Kier alpha value is -2.87. The van der Waals surface area contributed by atoms with Gasteiger partial charge in [0, 0.05) is 11.3 Å². The maximum Gasteiger partial charge on any atom is 0.145 e. The average molecular weight is 284 g/mol. The summed E-state index contributed by atoms with van der Waals surface area (Å²) in [6, 6.07) is 27.2. The number of aryl methyl sites for hydroxylation is 1. The van der Waals surface area contributed by atoms with Crippen LogP contribution in [0, 0.1) is 6.92 Å². The molecule has 0 atom stereocenters. The van der Waals surface area contributed by atoms with Gasteiger partial charge in [0.15, 0.2) is 0 Å². The van der Waals surface area contributed by atoms with E-state index < -0.39 is 0 Å². The Morgan fingerprint density at radius 1 is 0.773 bits per heavy atom. The van der Waals surface area contributed by atoms with Gasteiger partial charge in [0.05, 0.1) is 11.0 Å². The smallest absolute Gasteiger partial charge is 0.145 e. The first-order chi connectivity index (χ1) is 10.8. The van der Waals surface area contributed by atoms with E-state index in [1.54, 1.807) is 0 Å². The number of para-hydroxylation sites is 1. The Kier molecular flexibility index (Phi) is 3.01. The summed E-state index contributed by atoms with van der Waals surface area (Å²) in [5.41, 5.74) is 5.65. The highest BCUT2D eigenvalue weighted by Crippen LogP contribution is 2.28. The highest BCUT2D eigenvalue weighted by atomic mass is 15.1. The predicted octanol–water partition coefficient (Wildman–Crippen LogP) is 5.00. The first-order valence-electron chi connectivity index (χ1n) is 7.43. The van der Waals surface area contributed by atoms with Crippen molar-refractivity contribution < 1.29 is 0 Å². The lowest BCUT2D eigenvalue weighted by molar-refractivity contribution is 1.10. The predicted molar refractivity (Wildman–Crippen MR) is 91.2 cm³/mol. The van der Waals surface area contributed by atoms with Gasteiger partial charge in [0.25, 0.3) is 0 Å². The second-order valence-corrected chi connectivity index (χ2v) is 5.46. The van der Waals surface area contributed by atoms with E-state index in [9.17, 15) is 0 Å². The molecular weight excluding hydrogens is 268 g/mol. The molecule has 0 radical (unpaired) electrons. The number of hydrogen-bond acceptors (Lipinski definition) is 1. The molecule has 0 aliphatic carbocycles. The van der Waals surface area contributed by atoms with Crippen LogP contribution in [0.1, 0.15) is 5.56 Å². The third kappa shape index (κ3) is 2.09. The van der Waals surface area contributed by atoms with E-state index in [4.69, 9.17) is 4.98 Å². The normalized spacial score (nSPS) is 11.0. The summed E-state index contributed by atoms with van der Waals surface area (Å²) in [6.07, 6.45) is 0. The number of imidazole rings is 1. The topological polar surface area (TPSA) is 17.8 Å². The Balaban J connectivity index is 2.07. The second-order valence-electron chi connectivity index (χ2n) is 5.46. The van der Waals surface area contributed by atoms with Crippen molar-refractivity contribution in [2.24, 2.45) is 0 Å². The Morgan fingerprint density at radius 2 is 1.45 bits per heavy atom. The number of fused-ring (bicyclic) bond motifs is 1. The van der Waals surface area contributed by atoms with Crippen LogP contribution in [0.25, 0.3) is 28.1 Å². The molecule has 2 heteroatoms. The third-order valence-electron chi connectivity index (χ3n) is 3.86. The van der Waals surface area contributed by atoms with Gasteiger partial charge in [0.2, 0.25) is 0 Å². The fourth-order valence-electron chi connectivity index (χ4n) is 2.81. The molecule has 0 bridgehead atoms. The summed E-state index contributed by atoms with van der Waals surface area (Å²) in [6.45, 7) is 2.10. The van der Waals surface area contributed by atoms with Crippen LogP contribution in [0.2, 0.25) is 0 Å². The molecule has 0 fully saturated rings. The molecule has 0 amide bonds. The molecule has 0 unspecified atom stereocenters. The Morgan fingerprint density at radius 3 is 2.18 bits per heavy atom. The van der Waals surface area contributed by atoms with Gasteiger partial charge in [-0.25, -0.2) is 4.98 Å². The van der Waals surface area contributed by atoms with Crippen molar-refractivity contribution in [1.82, 2.24) is 9.55 Å². The number of rotatable bonds is 2. The van der Waals surface area contributed by atoms with Crippen LogP contribution < -0.4 is 0 Å². The number of nitrogens with zero attached hydrogens (tertiary/aromatic N) is 2. The van der Waals surface area contributed by atoms with Gasteiger partial charge >= 0.3 is 0 Å². The van der Waals surface area contributed by atoms with Crippen LogP contribution in [-0.4, -0.2) is 9.55 Å². The van der Waals surface area contributed by atoms with Crippen molar-refractivity contribution in [2.75, 3.05) is 0 Å². The molecule has 1 aromatic heterocycles. The quantitative estimate of drug-likeness (QED) is 0.506. The summed E-state index contributed by atoms with van der Waals surface area (Å²) < 4.78 is 2.23. The summed E-state index contributed by atoms with van der Waals surface area (Å²) in [5.74, 6) is 0.979. The van der Waals surface area contributed by atoms with E-state index in [-0.39, 0.29) is 0 Å². The highest BCUT2D eigenvalue weighted by molar-refractivity contribution is 5.83. The van der Waals surface area contributed by atoms with Crippen molar-refractivity contribution in [1.29, 1.82) is 0 Å². The molecular formula is C20H16N2. The Bertz CT molecular complexity index is 922. The first kappa shape index (κ1) is 12.8. The van der Waals surface area contributed by atoms with Gasteiger partial charge in [0.1, 0.15) is 5.82 Å². The summed E-state index contributed by atoms with van der Waals surface area (Å²) >= 11 is 0. The van der Waals surface area contributed by atoms with Crippen LogP contribution >= 0.6 is 0 Å². The lowest BCUT2D eigenvalue weighted by Gasteiger charge is -2.09. The number of benzene rings is 3. The minimum absolute atomic E-state index is 0.979. The lowest BCUT2D eigenvalue weighted by Crippen LogP contribution is -1.97. The minimum atomic E-state index is 0.979. The van der Waals surface area contributed by atoms with Gasteiger partial charge in [-0.1, -0.05) is 54.6 Å². The zero-order chi connectivity index (χ0) is 14.9. The monoisotopic (exact) mass is 284 g/mol. The molecule has 22 heavy (non-hydrogen) atoms. The number of hydrogen-bond donors (Lipinski definition) is 0. The fourth-order valence-corrected chi connectivity index (χ4v) is 2.81. The fraction of sp³-hybridized carbons (Fsp3) is 0.0500. The van der Waals surface area contributed by atoms with E-state index in [1.165, 1.54) is 5.56 Å². The van der Waals surface area contributed by atoms with Gasteiger partial charge < -0.3 is 0 Å². The standard InChI is InChI=1S/C20H16N2/c1-15-12-13-19-18(14-15)21-20(16-8-4-2-5-9-16)22(19)17-10-6-3-7-11-17/h2-14H,1H3. The molecule has 0 aliphatic rings. The summed E-state index contributed by atoms with van der Waals surface area (Å²) in [4.78, 5) is 4.88. The van der Waals surface area contributed by atoms with Gasteiger partial charge in [-0.3, -0.25) is 4.57 Å². The molecule has 0 spiro atoms. The van der Waals surface area contributed by atoms with Crippen LogP contribution in [0.3, 0.4) is 0 Å². The van der Waals surface area contributed by atoms with Crippen molar-refractivity contribution in [3.05, 3.63) is 84.4 Å². The largest absolute Gasteiger partial charge is 0.292 e. The van der Waals surface area contributed by atoms with Crippen LogP contribution in [0.15, 0.2) is 78.9 Å². The molecule has 2 nitrogen and oxygen atoms in total. The third-order valence-corrected chi connectivity index (χ3v) is 3.86. The zero-order valence-electron chi connectivity index (χ0n) is 12.4. The molecule has 4 aromatic rings. The average Bonchev–Trinajstić information content (AvgIpc) is 2.95. The molecule has 0 saturated carbocycles. The Labute approximate surface area is 129 Å². The SMILES string of the molecule is Cc1ccc2c(c1)nc(-c1ccccc1)n2-c1ccccc1. The second kappa shape index (κ2) is 5.15. The summed E-state index contributed by atoms with van der Waals surface area (Å²) in [7, 11) is 0. The van der Waals surface area contributed by atoms with Crippen LogP contribution in [0.4, 0.5) is 0 Å². The summed E-state index contributed by atoms with van der Waals surface area (Å²) in [5, 5.41) is 0. The van der Waals surface area contributed by atoms with Crippen LogP contribution in [-0.2, 0) is 0 Å². The maximum absolute atomic E-state index is 4.88. The van der Waals surface area contributed by atoms with Crippen molar-refractivity contribution >= 4 is 11.0 Å². The van der Waals surface area contributed by atoms with Crippen molar-refractivity contribution in [3.63, 3.8) is 0 Å². The van der Waals surface area contributed by atoms with Gasteiger partial charge in [-0.15, -0.1) is 0 Å². The van der Waals surface area contributed by atoms with E-state index in [0.717, 1.165) is 28.1 Å². The number of aromatic nitrogens is 2. The van der Waals surface area contributed by atoms with E-state index >= 15 is 0 Å². The lowest BCUT2D eigenvalue weighted by atomic mass is 10.2. The van der Waals surface area contributed by atoms with Crippen molar-refractivity contribution in [2.45, 2.75) is 6.92 Å². The highest BCUT2D eigenvalue weighted by Gasteiger charge is 2.13. The van der Waals surface area contributed by atoms with Gasteiger partial charge in [-0.05, 0) is 36.8 Å². The maximum atomic E-state index is 4.88. The molecule has 106 valence electrons. The minimum Gasteiger partial charge on any atom is -0.292 e. The molecule has 0 saturated heterocycles. The van der Waals surface area contributed by atoms with Crippen molar-refractivity contribution in [3.8, 4) is 17.1 Å². The molecule has 3 aromatic carbocycles. The van der Waals surface area contributed by atoms with Crippen LogP contribution in [0.5, 0.6) is 0 Å². The van der Waals surface area contributed by atoms with E-state index in [2.05, 4.69) is 78.2 Å².